The summed E-state index contributed by atoms with van der Waals surface area (Å²) in [4.78, 5) is 27.4. The summed E-state index contributed by atoms with van der Waals surface area (Å²) in [7, 11) is 1.87. The molecule has 7 nitrogen and oxygen atoms in total. The summed E-state index contributed by atoms with van der Waals surface area (Å²) in [6, 6.07) is 9.16. The van der Waals surface area contributed by atoms with Crippen molar-refractivity contribution in [1.82, 2.24) is 25.4 Å². The van der Waals surface area contributed by atoms with Gasteiger partial charge in [0.1, 0.15) is 0 Å². The summed E-state index contributed by atoms with van der Waals surface area (Å²) >= 11 is 0. The van der Waals surface area contributed by atoms with Crippen molar-refractivity contribution in [2.45, 2.75) is 12.5 Å². The number of aryl methyl sites for hydroxylation is 1. The molecule has 142 valence electrons. The van der Waals surface area contributed by atoms with Crippen LogP contribution < -0.4 is 16.2 Å². The van der Waals surface area contributed by atoms with E-state index in [1.54, 1.807) is 10.7 Å². The molecule has 0 bridgehead atoms. The second-order valence-corrected chi connectivity index (χ2v) is 6.74. The zero-order chi connectivity index (χ0) is 18.1. The highest BCUT2D eigenvalue weighted by molar-refractivity contribution is 5.85. The highest BCUT2D eigenvalue weighted by Gasteiger charge is 2.34. The third-order valence-electron chi connectivity index (χ3n) is 4.99. The molecule has 1 aliphatic rings. The van der Waals surface area contributed by atoms with Crippen molar-refractivity contribution in [2.75, 3.05) is 13.1 Å². The van der Waals surface area contributed by atoms with Crippen LogP contribution in [-0.2, 0) is 18.4 Å². The van der Waals surface area contributed by atoms with Gasteiger partial charge in [-0.15, -0.1) is 12.4 Å². The van der Waals surface area contributed by atoms with Crippen LogP contribution in [0, 0.1) is 5.92 Å². The second kappa shape index (κ2) is 7.94. The minimum atomic E-state index is -0.163. The van der Waals surface area contributed by atoms with E-state index in [1.165, 1.54) is 0 Å². The highest BCUT2D eigenvalue weighted by Crippen LogP contribution is 2.28. The molecular weight excluding hydrogens is 366 g/mol. The Kier molecular flexibility index (Phi) is 5.62. The van der Waals surface area contributed by atoms with Gasteiger partial charge in [0.25, 0.3) is 0 Å². The van der Waals surface area contributed by atoms with E-state index in [0.717, 1.165) is 28.6 Å². The van der Waals surface area contributed by atoms with Gasteiger partial charge in [-0.2, -0.15) is 5.10 Å². The zero-order valence-corrected chi connectivity index (χ0v) is 15.8. The van der Waals surface area contributed by atoms with Gasteiger partial charge in [-0.05, 0) is 17.2 Å². The number of benzene rings is 1. The molecule has 0 aliphatic carbocycles. The molecule has 27 heavy (non-hydrogen) atoms. The highest BCUT2D eigenvalue weighted by atomic mass is 35.5. The van der Waals surface area contributed by atoms with Crippen LogP contribution >= 0.6 is 12.4 Å². The minimum Gasteiger partial charge on any atom is -0.352 e. The average Bonchev–Trinajstić information content (AvgIpc) is 3.28. The lowest BCUT2D eigenvalue weighted by Gasteiger charge is -2.17. The molecule has 0 spiro atoms. The van der Waals surface area contributed by atoms with Crippen molar-refractivity contribution < 1.29 is 4.79 Å². The van der Waals surface area contributed by atoms with Crippen molar-refractivity contribution >= 4 is 29.2 Å². The molecule has 3 heterocycles. The number of carbonyl (C=O) groups excluding carboxylic acids is 1. The number of rotatable bonds is 4. The lowest BCUT2D eigenvalue weighted by atomic mass is 9.90. The Morgan fingerprint density at radius 2 is 2.15 bits per heavy atom. The maximum atomic E-state index is 12.8. The first-order valence-corrected chi connectivity index (χ1v) is 8.70. The Bertz CT molecular complexity index is 1010. The summed E-state index contributed by atoms with van der Waals surface area (Å²) < 4.78 is 1.75. The number of carbonyl (C=O) groups is 1. The molecular formula is C19H22ClN5O2. The molecule has 8 heteroatoms. The molecule has 1 aliphatic heterocycles. The van der Waals surface area contributed by atoms with Gasteiger partial charge in [0, 0.05) is 55.8 Å². The Morgan fingerprint density at radius 1 is 1.33 bits per heavy atom. The van der Waals surface area contributed by atoms with Crippen molar-refractivity contribution in [1.29, 1.82) is 0 Å². The van der Waals surface area contributed by atoms with Crippen molar-refractivity contribution in [3.8, 4) is 0 Å². The van der Waals surface area contributed by atoms with Gasteiger partial charge in [0.05, 0.1) is 12.1 Å². The van der Waals surface area contributed by atoms with Crippen LogP contribution in [0.2, 0.25) is 0 Å². The summed E-state index contributed by atoms with van der Waals surface area (Å²) in [5.74, 6) is -0.0414. The molecule has 3 aromatic rings. The number of aromatic amines is 1. The third kappa shape index (κ3) is 3.89. The zero-order valence-electron chi connectivity index (χ0n) is 14.9. The van der Waals surface area contributed by atoms with Gasteiger partial charge in [-0.1, -0.05) is 18.2 Å². The molecule has 1 fully saturated rings. The molecule has 2 atom stereocenters. The molecule has 0 unspecified atom stereocenters. The summed E-state index contributed by atoms with van der Waals surface area (Å²) in [6.45, 7) is 1.73. The van der Waals surface area contributed by atoms with Crippen LogP contribution in [0.3, 0.4) is 0 Å². The predicted molar refractivity (Wildman–Crippen MR) is 106 cm³/mol. The number of halogens is 1. The first kappa shape index (κ1) is 19.1. The van der Waals surface area contributed by atoms with Crippen molar-refractivity contribution in [2.24, 2.45) is 13.0 Å². The summed E-state index contributed by atoms with van der Waals surface area (Å²) in [6.07, 6.45) is 3.78. The fourth-order valence-electron chi connectivity index (χ4n) is 3.67. The quantitative estimate of drug-likeness (QED) is 0.629. The maximum absolute atomic E-state index is 12.8. The van der Waals surface area contributed by atoms with E-state index in [1.807, 2.05) is 43.7 Å². The van der Waals surface area contributed by atoms with Gasteiger partial charge in [-0.3, -0.25) is 14.3 Å². The van der Waals surface area contributed by atoms with Gasteiger partial charge in [-0.25, -0.2) is 0 Å². The SMILES string of the molecule is Cl.Cn1cc([C@H]2CNC[C@@H]2C(=O)NCc2cc(=O)[nH]c3ccccc23)cn1. The van der Waals surface area contributed by atoms with Gasteiger partial charge in [0.15, 0.2) is 0 Å². The van der Waals surface area contributed by atoms with Crippen LogP contribution in [0.15, 0.2) is 47.5 Å². The Morgan fingerprint density at radius 3 is 2.93 bits per heavy atom. The molecule has 4 rings (SSSR count). The summed E-state index contributed by atoms with van der Waals surface area (Å²) in [5, 5.41) is 11.5. The fourth-order valence-corrected chi connectivity index (χ4v) is 3.67. The molecule has 2 aromatic heterocycles. The fraction of sp³-hybridized carbons (Fsp3) is 0.316. The Balaban J connectivity index is 0.00000210. The number of pyridine rings is 1. The van der Waals surface area contributed by atoms with E-state index >= 15 is 0 Å². The predicted octanol–water partition coefficient (Wildman–Crippen LogP) is 1.30. The molecule has 0 saturated carbocycles. The number of hydrogen-bond donors (Lipinski definition) is 3. The lowest BCUT2D eigenvalue weighted by molar-refractivity contribution is -0.125. The van der Waals surface area contributed by atoms with Crippen molar-refractivity contribution in [3.63, 3.8) is 0 Å². The van der Waals surface area contributed by atoms with Gasteiger partial charge < -0.3 is 15.6 Å². The van der Waals surface area contributed by atoms with Crippen LogP contribution in [0.4, 0.5) is 0 Å². The number of nitrogens with one attached hydrogen (secondary N) is 3. The molecule has 0 radical (unpaired) electrons. The van der Waals surface area contributed by atoms with E-state index < -0.39 is 0 Å². The van der Waals surface area contributed by atoms with Gasteiger partial charge in [0.2, 0.25) is 11.5 Å². The number of amides is 1. The maximum Gasteiger partial charge on any atom is 0.248 e. The van der Waals surface area contributed by atoms with Crippen LogP contribution in [-0.4, -0.2) is 33.8 Å². The van der Waals surface area contributed by atoms with Gasteiger partial charge >= 0.3 is 0 Å². The van der Waals surface area contributed by atoms with Crippen molar-refractivity contribution in [3.05, 3.63) is 64.2 Å². The molecule has 1 amide bonds. The third-order valence-corrected chi connectivity index (χ3v) is 4.99. The number of aromatic nitrogens is 3. The smallest absolute Gasteiger partial charge is 0.248 e. The second-order valence-electron chi connectivity index (χ2n) is 6.74. The Hall–Kier alpha value is -2.64. The van der Waals surface area contributed by atoms with Crippen LogP contribution in [0.5, 0.6) is 0 Å². The number of para-hydroxylation sites is 1. The first-order chi connectivity index (χ1) is 12.6. The number of nitrogens with zero attached hydrogens (tertiary/aromatic N) is 2. The van der Waals surface area contributed by atoms with Crippen LogP contribution in [0.1, 0.15) is 17.0 Å². The first-order valence-electron chi connectivity index (χ1n) is 8.70. The molecule has 1 saturated heterocycles. The van der Waals surface area contributed by atoms with E-state index in [9.17, 15) is 9.59 Å². The summed E-state index contributed by atoms with van der Waals surface area (Å²) in [5.41, 5.74) is 2.50. The monoisotopic (exact) mass is 387 g/mol. The number of hydrogen-bond acceptors (Lipinski definition) is 4. The topological polar surface area (TPSA) is 91.8 Å². The van der Waals surface area contributed by atoms with E-state index in [4.69, 9.17) is 0 Å². The number of H-pyrrole nitrogens is 1. The van der Waals surface area contributed by atoms with E-state index in [0.29, 0.717) is 13.1 Å². The molecule has 1 aromatic carbocycles. The van der Waals surface area contributed by atoms with Crippen LogP contribution in [0.25, 0.3) is 10.9 Å². The molecule has 3 N–H and O–H groups in total. The largest absolute Gasteiger partial charge is 0.352 e. The standard InChI is InChI=1S/C19H21N5O2.ClH/c1-24-11-13(8-22-24)15-9-20-10-16(15)19(26)21-7-12-6-18(25)23-17-5-3-2-4-14(12)17;/h2-6,8,11,15-16,20H,7,9-10H2,1H3,(H,21,26)(H,23,25);1H/t15-,16+;/m1./s1. The number of fused-ring (bicyclic) bond motifs is 1. The van der Waals surface area contributed by atoms with E-state index in [-0.39, 0.29) is 35.7 Å². The van der Waals surface area contributed by atoms with E-state index in [2.05, 4.69) is 20.7 Å². The Labute approximate surface area is 162 Å². The minimum absolute atomic E-state index is 0. The average molecular weight is 388 g/mol. The lowest BCUT2D eigenvalue weighted by Crippen LogP contribution is -2.34. The normalized spacial score (nSPS) is 19.0.